The van der Waals surface area contributed by atoms with Crippen LogP contribution in [0.2, 0.25) is 5.02 Å². The summed E-state index contributed by atoms with van der Waals surface area (Å²) in [4.78, 5) is 13.0. The summed E-state index contributed by atoms with van der Waals surface area (Å²) in [5, 5.41) is 9.69. The van der Waals surface area contributed by atoms with Crippen LogP contribution in [-0.2, 0) is 4.79 Å². The lowest BCUT2D eigenvalue weighted by Crippen LogP contribution is -2.32. The van der Waals surface area contributed by atoms with Crippen molar-refractivity contribution in [1.29, 1.82) is 0 Å². The Morgan fingerprint density at radius 3 is 2.63 bits per heavy atom. The van der Waals surface area contributed by atoms with E-state index in [2.05, 4.69) is 6.58 Å². The first-order valence-electron chi connectivity index (χ1n) is 6.22. The van der Waals surface area contributed by atoms with Crippen LogP contribution < -0.4 is 4.90 Å². The average Bonchev–Trinajstić information content (AvgIpc) is 2.27. The highest BCUT2D eigenvalue weighted by Crippen LogP contribution is 2.31. The SMILES string of the molecule is C=CCN(CC(C)C(=O)O)c1c(C)cc(C)cc1Cl. The van der Waals surface area contributed by atoms with Gasteiger partial charge in [-0.25, -0.2) is 0 Å². The zero-order chi connectivity index (χ0) is 14.6. The maximum atomic E-state index is 11.0. The summed E-state index contributed by atoms with van der Waals surface area (Å²) in [6.45, 7) is 10.4. The molecule has 19 heavy (non-hydrogen) atoms. The van der Waals surface area contributed by atoms with Gasteiger partial charge in [0.2, 0.25) is 0 Å². The molecule has 0 fully saturated rings. The summed E-state index contributed by atoms with van der Waals surface area (Å²) in [5.41, 5.74) is 3.03. The lowest BCUT2D eigenvalue weighted by atomic mass is 10.1. The topological polar surface area (TPSA) is 40.5 Å². The number of hydrogen-bond acceptors (Lipinski definition) is 2. The van der Waals surface area contributed by atoms with Crippen LogP contribution in [-0.4, -0.2) is 24.2 Å². The number of benzene rings is 1. The third-order valence-corrected chi connectivity index (χ3v) is 3.27. The van der Waals surface area contributed by atoms with Gasteiger partial charge in [0.1, 0.15) is 0 Å². The fraction of sp³-hybridized carbons (Fsp3) is 0.400. The molecule has 0 aromatic heterocycles. The van der Waals surface area contributed by atoms with E-state index in [1.54, 1.807) is 13.0 Å². The third-order valence-electron chi connectivity index (χ3n) is 2.98. The second-order valence-corrected chi connectivity index (χ2v) is 5.25. The van der Waals surface area contributed by atoms with E-state index in [1.807, 2.05) is 30.9 Å². The molecule has 104 valence electrons. The van der Waals surface area contributed by atoms with E-state index in [-0.39, 0.29) is 0 Å². The number of aliphatic carboxylic acids is 1. The van der Waals surface area contributed by atoms with Gasteiger partial charge in [-0.05, 0) is 31.0 Å². The van der Waals surface area contributed by atoms with Crippen LogP contribution in [0, 0.1) is 19.8 Å². The summed E-state index contributed by atoms with van der Waals surface area (Å²) in [6, 6.07) is 3.94. The zero-order valence-corrected chi connectivity index (χ0v) is 12.4. The maximum absolute atomic E-state index is 11.0. The minimum Gasteiger partial charge on any atom is -0.481 e. The molecule has 1 rings (SSSR count). The Kier molecular flexibility index (Phi) is 5.43. The van der Waals surface area contributed by atoms with Crippen LogP contribution in [0.15, 0.2) is 24.8 Å². The van der Waals surface area contributed by atoms with E-state index in [4.69, 9.17) is 16.7 Å². The van der Waals surface area contributed by atoms with Gasteiger partial charge in [0.05, 0.1) is 16.6 Å². The summed E-state index contributed by atoms with van der Waals surface area (Å²) in [6.07, 6.45) is 1.75. The minimum atomic E-state index is -0.810. The van der Waals surface area contributed by atoms with Crippen LogP contribution in [0.1, 0.15) is 18.1 Å². The highest BCUT2D eigenvalue weighted by molar-refractivity contribution is 6.33. The standard InChI is InChI=1S/C15H20ClNO2/c1-5-6-17(9-12(4)15(18)19)14-11(3)7-10(2)8-13(14)16/h5,7-8,12H,1,6,9H2,2-4H3,(H,18,19). The molecular formula is C15H20ClNO2. The van der Waals surface area contributed by atoms with Crippen LogP contribution in [0.4, 0.5) is 5.69 Å². The Hall–Kier alpha value is -1.48. The molecule has 0 heterocycles. The quantitative estimate of drug-likeness (QED) is 0.809. The van der Waals surface area contributed by atoms with Crippen molar-refractivity contribution in [1.82, 2.24) is 0 Å². The number of aryl methyl sites for hydroxylation is 2. The zero-order valence-electron chi connectivity index (χ0n) is 11.6. The molecule has 3 nitrogen and oxygen atoms in total. The smallest absolute Gasteiger partial charge is 0.308 e. The van der Waals surface area contributed by atoms with E-state index in [1.165, 1.54) is 0 Å². The molecule has 0 saturated heterocycles. The predicted octanol–water partition coefficient (Wildman–Crippen LogP) is 3.67. The van der Waals surface area contributed by atoms with Gasteiger partial charge in [-0.2, -0.15) is 0 Å². The molecule has 0 spiro atoms. The minimum absolute atomic E-state index is 0.408. The Labute approximate surface area is 119 Å². The maximum Gasteiger partial charge on any atom is 0.308 e. The van der Waals surface area contributed by atoms with E-state index in [0.29, 0.717) is 18.1 Å². The number of hydrogen-bond donors (Lipinski definition) is 1. The van der Waals surface area contributed by atoms with Gasteiger partial charge in [-0.1, -0.05) is 30.7 Å². The van der Waals surface area contributed by atoms with E-state index in [0.717, 1.165) is 16.8 Å². The van der Waals surface area contributed by atoms with Gasteiger partial charge in [0, 0.05) is 13.1 Å². The summed E-state index contributed by atoms with van der Waals surface area (Å²) >= 11 is 6.30. The van der Waals surface area contributed by atoms with Crippen molar-refractivity contribution >= 4 is 23.3 Å². The molecular weight excluding hydrogens is 262 g/mol. The van der Waals surface area contributed by atoms with Crippen LogP contribution >= 0.6 is 11.6 Å². The number of nitrogens with zero attached hydrogens (tertiary/aromatic N) is 1. The number of carbonyl (C=O) groups is 1. The normalized spacial score (nSPS) is 12.0. The summed E-state index contributed by atoms with van der Waals surface area (Å²) in [7, 11) is 0. The van der Waals surface area contributed by atoms with Crippen molar-refractivity contribution in [2.24, 2.45) is 5.92 Å². The molecule has 0 saturated carbocycles. The fourth-order valence-electron chi connectivity index (χ4n) is 2.13. The Balaban J connectivity index is 3.12. The molecule has 0 radical (unpaired) electrons. The molecule has 1 N–H and O–H groups in total. The Morgan fingerprint density at radius 2 is 2.16 bits per heavy atom. The van der Waals surface area contributed by atoms with E-state index >= 15 is 0 Å². The predicted molar refractivity (Wildman–Crippen MR) is 80.1 cm³/mol. The third kappa shape index (κ3) is 4.00. The first-order chi connectivity index (χ1) is 8.86. The van der Waals surface area contributed by atoms with Crippen LogP contribution in [0.25, 0.3) is 0 Å². The van der Waals surface area contributed by atoms with Crippen molar-refractivity contribution in [3.05, 3.63) is 40.9 Å². The highest BCUT2D eigenvalue weighted by Gasteiger charge is 2.19. The van der Waals surface area contributed by atoms with Gasteiger partial charge in [0.25, 0.3) is 0 Å². The molecule has 0 aliphatic rings. The van der Waals surface area contributed by atoms with Gasteiger partial charge in [-0.3, -0.25) is 4.79 Å². The average molecular weight is 282 g/mol. The van der Waals surface area contributed by atoms with Gasteiger partial charge in [-0.15, -0.1) is 6.58 Å². The molecule has 1 aromatic carbocycles. The van der Waals surface area contributed by atoms with E-state index < -0.39 is 11.9 Å². The second kappa shape index (κ2) is 6.62. The monoisotopic (exact) mass is 281 g/mol. The number of carboxylic acid groups (broad SMARTS) is 1. The van der Waals surface area contributed by atoms with Crippen molar-refractivity contribution in [3.8, 4) is 0 Å². The van der Waals surface area contributed by atoms with Crippen LogP contribution in [0.3, 0.4) is 0 Å². The summed E-state index contributed by atoms with van der Waals surface area (Å²) < 4.78 is 0. The molecule has 0 aliphatic heterocycles. The largest absolute Gasteiger partial charge is 0.481 e. The van der Waals surface area contributed by atoms with Crippen molar-refractivity contribution in [3.63, 3.8) is 0 Å². The lowest BCUT2D eigenvalue weighted by Gasteiger charge is -2.28. The highest BCUT2D eigenvalue weighted by atomic mass is 35.5. The number of rotatable bonds is 6. The molecule has 1 aromatic rings. The van der Waals surface area contributed by atoms with Crippen molar-refractivity contribution < 1.29 is 9.90 Å². The molecule has 0 amide bonds. The first kappa shape index (κ1) is 15.6. The summed E-state index contributed by atoms with van der Waals surface area (Å²) in [5.74, 6) is -1.27. The van der Waals surface area contributed by atoms with Gasteiger partial charge >= 0.3 is 5.97 Å². The Morgan fingerprint density at radius 1 is 1.53 bits per heavy atom. The van der Waals surface area contributed by atoms with Crippen molar-refractivity contribution in [2.45, 2.75) is 20.8 Å². The molecule has 1 unspecified atom stereocenters. The van der Waals surface area contributed by atoms with Gasteiger partial charge < -0.3 is 10.0 Å². The van der Waals surface area contributed by atoms with Gasteiger partial charge in [0.15, 0.2) is 0 Å². The molecule has 1 atom stereocenters. The number of anilines is 1. The molecule has 0 bridgehead atoms. The van der Waals surface area contributed by atoms with Crippen molar-refractivity contribution in [2.75, 3.05) is 18.0 Å². The first-order valence-corrected chi connectivity index (χ1v) is 6.60. The fourth-order valence-corrected chi connectivity index (χ4v) is 2.57. The second-order valence-electron chi connectivity index (χ2n) is 4.85. The van der Waals surface area contributed by atoms with E-state index in [9.17, 15) is 4.79 Å². The number of carboxylic acids is 1. The van der Waals surface area contributed by atoms with Crippen LogP contribution in [0.5, 0.6) is 0 Å². The molecule has 4 heteroatoms. The number of halogens is 1. The Bertz CT molecular complexity index is 462. The lowest BCUT2D eigenvalue weighted by molar-refractivity contribution is -0.140. The molecule has 0 aliphatic carbocycles.